The van der Waals surface area contributed by atoms with Crippen molar-refractivity contribution in [3.05, 3.63) is 114 Å². The van der Waals surface area contributed by atoms with Crippen LogP contribution < -0.4 is 15.4 Å². The van der Waals surface area contributed by atoms with Gasteiger partial charge in [-0.1, -0.05) is 36.4 Å². The fraction of sp³-hybridized carbons (Fsp3) is 0.0690. The van der Waals surface area contributed by atoms with E-state index in [1.807, 2.05) is 74.5 Å². The summed E-state index contributed by atoms with van der Waals surface area (Å²) in [5.41, 5.74) is 5.65. The standard InChI is InChI=1S/C29H26N4O2/c1-4-27(26-13-5-8-20(2)28(26)30-3)32-22-10-6-9-21(18-22)29(34)33-23-11-7-12-25(19-23)35-24-14-16-31-17-15-24/h4-19,32H,3H2,1-2H3,(H,33,34)/b27-4+. The van der Waals surface area contributed by atoms with Crippen molar-refractivity contribution in [2.45, 2.75) is 13.8 Å². The Morgan fingerprint density at radius 1 is 0.914 bits per heavy atom. The fourth-order valence-corrected chi connectivity index (χ4v) is 3.66. The topological polar surface area (TPSA) is 75.6 Å². The van der Waals surface area contributed by atoms with Crippen molar-refractivity contribution in [2.75, 3.05) is 10.6 Å². The zero-order valence-electron chi connectivity index (χ0n) is 19.7. The molecule has 3 aromatic carbocycles. The van der Waals surface area contributed by atoms with Gasteiger partial charge in [0.25, 0.3) is 5.91 Å². The lowest BCUT2D eigenvalue weighted by Crippen LogP contribution is -2.12. The van der Waals surface area contributed by atoms with Crippen molar-refractivity contribution >= 4 is 35.4 Å². The number of ether oxygens (including phenoxy) is 1. The molecule has 0 unspecified atom stereocenters. The maximum atomic E-state index is 13.0. The number of amides is 1. The first-order chi connectivity index (χ1) is 17.1. The molecule has 0 atom stereocenters. The maximum Gasteiger partial charge on any atom is 0.255 e. The van der Waals surface area contributed by atoms with Crippen LogP contribution in [0.2, 0.25) is 0 Å². The first kappa shape index (κ1) is 23.4. The summed E-state index contributed by atoms with van der Waals surface area (Å²) in [5.74, 6) is 1.07. The van der Waals surface area contributed by atoms with E-state index in [4.69, 9.17) is 4.74 Å². The molecule has 0 saturated heterocycles. The van der Waals surface area contributed by atoms with Crippen molar-refractivity contribution < 1.29 is 9.53 Å². The smallest absolute Gasteiger partial charge is 0.255 e. The number of benzene rings is 3. The highest BCUT2D eigenvalue weighted by molar-refractivity contribution is 6.05. The highest BCUT2D eigenvalue weighted by atomic mass is 16.5. The number of rotatable bonds is 8. The lowest BCUT2D eigenvalue weighted by Gasteiger charge is -2.15. The lowest BCUT2D eigenvalue weighted by molar-refractivity contribution is 0.102. The van der Waals surface area contributed by atoms with Crippen LogP contribution in [0.1, 0.15) is 28.4 Å². The number of aliphatic imine (C=N–C) groups is 1. The lowest BCUT2D eigenvalue weighted by atomic mass is 10.0. The minimum absolute atomic E-state index is 0.222. The maximum absolute atomic E-state index is 13.0. The number of nitrogens with one attached hydrogen (secondary N) is 2. The van der Waals surface area contributed by atoms with Gasteiger partial charge in [0, 0.05) is 46.7 Å². The van der Waals surface area contributed by atoms with Crippen molar-refractivity contribution in [1.29, 1.82) is 0 Å². The normalized spacial score (nSPS) is 11.0. The monoisotopic (exact) mass is 462 g/mol. The predicted octanol–water partition coefficient (Wildman–Crippen LogP) is 7.24. The zero-order chi connectivity index (χ0) is 24.6. The summed E-state index contributed by atoms with van der Waals surface area (Å²) in [6, 6.07) is 24.1. The summed E-state index contributed by atoms with van der Waals surface area (Å²) in [7, 11) is 0. The van der Waals surface area contributed by atoms with Gasteiger partial charge in [-0.25, -0.2) is 0 Å². The second kappa shape index (κ2) is 10.9. The number of aromatic nitrogens is 1. The van der Waals surface area contributed by atoms with E-state index in [0.29, 0.717) is 22.7 Å². The molecule has 0 saturated carbocycles. The largest absolute Gasteiger partial charge is 0.457 e. The van der Waals surface area contributed by atoms with Gasteiger partial charge in [0.05, 0.1) is 5.69 Å². The van der Waals surface area contributed by atoms with Crippen molar-refractivity contribution in [2.24, 2.45) is 4.99 Å². The van der Waals surface area contributed by atoms with Crippen molar-refractivity contribution in [3.63, 3.8) is 0 Å². The molecule has 0 spiro atoms. The molecule has 174 valence electrons. The van der Waals surface area contributed by atoms with Crippen LogP contribution in [0.5, 0.6) is 11.5 Å². The molecule has 0 aliphatic heterocycles. The van der Waals surface area contributed by atoms with Gasteiger partial charge >= 0.3 is 0 Å². The number of para-hydroxylation sites is 1. The number of allylic oxidation sites excluding steroid dienone is 1. The van der Waals surface area contributed by atoms with Crippen LogP contribution in [0.3, 0.4) is 0 Å². The molecule has 1 amide bonds. The highest BCUT2D eigenvalue weighted by Gasteiger charge is 2.11. The summed E-state index contributed by atoms with van der Waals surface area (Å²) in [5, 5.41) is 6.35. The minimum atomic E-state index is -0.222. The van der Waals surface area contributed by atoms with Crippen LogP contribution in [0, 0.1) is 6.92 Å². The number of nitrogens with zero attached hydrogens (tertiary/aromatic N) is 2. The van der Waals surface area contributed by atoms with Gasteiger partial charge in [-0.05, 0) is 68.6 Å². The number of pyridine rings is 1. The van der Waals surface area contributed by atoms with Crippen LogP contribution in [0.15, 0.2) is 102 Å². The fourth-order valence-electron chi connectivity index (χ4n) is 3.66. The van der Waals surface area contributed by atoms with Gasteiger partial charge in [-0.15, -0.1) is 0 Å². The molecule has 4 rings (SSSR count). The molecular formula is C29H26N4O2. The number of anilines is 2. The second-order valence-corrected chi connectivity index (χ2v) is 7.80. The van der Waals surface area contributed by atoms with E-state index in [0.717, 1.165) is 28.2 Å². The average molecular weight is 463 g/mol. The first-order valence-corrected chi connectivity index (χ1v) is 11.2. The molecule has 0 bridgehead atoms. The minimum Gasteiger partial charge on any atom is -0.457 e. The van der Waals surface area contributed by atoms with E-state index < -0.39 is 0 Å². The van der Waals surface area contributed by atoms with Crippen molar-refractivity contribution in [1.82, 2.24) is 4.98 Å². The molecule has 6 heteroatoms. The Labute approximate surface area is 205 Å². The van der Waals surface area contributed by atoms with Crippen LogP contribution in [0.4, 0.5) is 17.1 Å². The molecule has 35 heavy (non-hydrogen) atoms. The zero-order valence-corrected chi connectivity index (χ0v) is 19.7. The summed E-state index contributed by atoms with van der Waals surface area (Å²) in [6.07, 6.45) is 5.30. The van der Waals surface area contributed by atoms with Crippen molar-refractivity contribution in [3.8, 4) is 11.5 Å². The predicted molar refractivity (Wildman–Crippen MR) is 143 cm³/mol. The number of hydrogen-bond acceptors (Lipinski definition) is 5. The molecule has 4 aromatic rings. The van der Waals surface area contributed by atoms with E-state index in [9.17, 15) is 4.79 Å². The third-order valence-corrected chi connectivity index (χ3v) is 5.36. The van der Waals surface area contributed by atoms with Gasteiger partial charge in [0.1, 0.15) is 11.5 Å². The molecule has 0 aliphatic carbocycles. The average Bonchev–Trinajstić information content (AvgIpc) is 2.88. The Kier molecular flexibility index (Phi) is 7.33. The third-order valence-electron chi connectivity index (χ3n) is 5.36. The Bertz CT molecular complexity index is 1380. The molecule has 0 aliphatic rings. The molecule has 0 radical (unpaired) electrons. The molecular weight excluding hydrogens is 436 g/mol. The van der Waals surface area contributed by atoms with E-state index in [1.54, 1.807) is 36.7 Å². The number of carbonyl (C=O) groups excluding carboxylic acids is 1. The van der Waals surface area contributed by atoms with E-state index >= 15 is 0 Å². The molecule has 1 heterocycles. The Balaban J connectivity index is 1.49. The highest BCUT2D eigenvalue weighted by Crippen LogP contribution is 2.31. The Morgan fingerprint density at radius 2 is 1.63 bits per heavy atom. The van der Waals surface area contributed by atoms with Gasteiger partial charge in [-0.2, -0.15) is 0 Å². The van der Waals surface area contributed by atoms with Crippen LogP contribution >= 0.6 is 0 Å². The number of carbonyl (C=O) groups is 1. The summed E-state index contributed by atoms with van der Waals surface area (Å²) >= 11 is 0. The van der Waals surface area contributed by atoms with Crippen LogP contribution in [-0.2, 0) is 0 Å². The quantitative estimate of drug-likeness (QED) is 0.271. The first-order valence-electron chi connectivity index (χ1n) is 11.2. The summed E-state index contributed by atoms with van der Waals surface area (Å²) in [4.78, 5) is 21.2. The van der Waals surface area contributed by atoms with Gasteiger partial charge < -0.3 is 15.4 Å². The summed E-state index contributed by atoms with van der Waals surface area (Å²) < 4.78 is 5.83. The van der Waals surface area contributed by atoms with E-state index in [1.165, 1.54) is 0 Å². The molecule has 2 N–H and O–H groups in total. The van der Waals surface area contributed by atoms with Gasteiger partial charge in [-0.3, -0.25) is 14.8 Å². The SMILES string of the molecule is C=Nc1c(C)cccc1/C(=C\C)Nc1cccc(C(=O)Nc2cccc(Oc3ccncc3)c2)c1. The Morgan fingerprint density at radius 3 is 2.37 bits per heavy atom. The molecule has 0 fully saturated rings. The van der Waals surface area contributed by atoms with Crippen LogP contribution in [-0.4, -0.2) is 17.6 Å². The second-order valence-electron chi connectivity index (χ2n) is 7.80. The van der Waals surface area contributed by atoms with E-state index in [2.05, 4.69) is 27.3 Å². The molecule has 6 nitrogen and oxygen atoms in total. The number of aryl methyl sites for hydroxylation is 1. The molecule has 1 aromatic heterocycles. The Hall–Kier alpha value is -4.71. The van der Waals surface area contributed by atoms with Crippen LogP contribution in [0.25, 0.3) is 5.70 Å². The summed E-state index contributed by atoms with van der Waals surface area (Å²) in [6.45, 7) is 7.67. The number of hydrogen-bond donors (Lipinski definition) is 2. The van der Waals surface area contributed by atoms with Gasteiger partial charge in [0.2, 0.25) is 0 Å². The third kappa shape index (κ3) is 5.81. The van der Waals surface area contributed by atoms with E-state index in [-0.39, 0.29) is 5.91 Å². The van der Waals surface area contributed by atoms with Gasteiger partial charge in [0.15, 0.2) is 0 Å².